The number of carbonyl (C=O) groups excluding carboxylic acids is 2. The van der Waals surface area contributed by atoms with Crippen molar-refractivity contribution in [3.63, 3.8) is 0 Å². The maximum Gasteiger partial charge on any atom is 0.313 e. The zero-order valence-electron chi connectivity index (χ0n) is 14.3. The van der Waals surface area contributed by atoms with E-state index in [1.807, 2.05) is 51.1 Å². The first-order chi connectivity index (χ1) is 11.4. The van der Waals surface area contributed by atoms with E-state index in [2.05, 4.69) is 10.6 Å². The monoisotopic (exact) mass is 346 g/mol. The molecule has 128 valence electrons. The fourth-order valence-electron chi connectivity index (χ4n) is 2.37. The summed E-state index contributed by atoms with van der Waals surface area (Å²) in [6.45, 7) is 6.04. The van der Waals surface area contributed by atoms with E-state index in [4.69, 9.17) is 4.74 Å². The Balaban J connectivity index is 1.95. The second-order valence-corrected chi connectivity index (χ2v) is 6.92. The van der Waals surface area contributed by atoms with Gasteiger partial charge in [0.1, 0.15) is 6.10 Å². The van der Waals surface area contributed by atoms with Crippen molar-refractivity contribution in [2.24, 2.45) is 0 Å². The molecule has 2 rings (SSSR count). The molecule has 5 nitrogen and oxygen atoms in total. The number of para-hydroxylation sites is 1. The minimum absolute atomic E-state index is 0.245. The summed E-state index contributed by atoms with van der Waals surface area (Å²) in [6, 6.07) is 9.66. The maximum atomic E-state index is 12.1. The number of amides is 2. The van der Waals surface area contributed by atoms with Crippen molar-refractivity contribution in [2.75, 3.05) is 19.0 Å². The van der Waals surface area contributed by atoms with Gasteiger partial charge in [-0.3, -0.25) is 9.59 Å². The Morgan fingerprint density at radius 3 is 2.29 bits per heavy atom. The fourth-order valence-corrected chi connectivity index (χ4v) is 3.33. The van der Waals surface area contributed by atoms with Gasteiger partial charge in [-0.25, -0.2) is 0 Å². The van der Waals surface area contributed by atoms with E-state index in [9.17, 15) is 9.59 Å². The van der Waals surface area contributed by atoms with Crippen molar-refractivity contribution in [2.45, 2.75) is 26.9 Å². The topological polar surface area (TPSA) is 67.4 Å². The molecule has 1 heterocycles. The van der Waals surface area contributed by atoms with Gasteiger partial charge in [-0.1, -0.05) is 18.2 Å². The van der Waals surface area contributed by atoms with E-state index < -0.39 is 11.8 Å². The van der Waals surface area contributed by atoms with E-state index in [1.165, 1.54) is 4.88 Å². The van der Waals surface area contributed by atoms with Crippen molar-refractivity contribution in [1.82, 2.24) is 5.32 Å². The highest BCUT2D eigenvalue weighted by Crippen LogP contribution is 2.24. The quantitative estimate of drug-likeness (QED) is 0.818. The Bertz CT molecular complexity index is 719. The zero-order chi connectivity index (χ0) is 17.7. The molecule has 1 aromatic carbocycles. The summed E-state index contributed by atoms with van der Waals surface area (Å²) in [7, 11) is 1.59. The van der Waals surface area contributed by atoms with Gasteiger partial charge in [-0.05, 0) is 44.0 Å². The van der Waals surface area contributed by atoms with Crippen LogP contribution in [-0.2, 0) is 14.3 Å². The number of ether oxygens (including phenoxy) is 1. The number of carbonyl (C=O) groups is 2. The molecule has 0 bridgehead atoms. The minimum atomic E-state index is -0.676. The van der Waals surface area contributed by atoms with E-state index in [1.54, 1.807) is 18.4 Å². The SMILES string of the molecule is COC(CNC(=O)C(=O)Nc1c(C)cccc1C)c1ccc(C)s1. The number of hydrogen-bond donors (Lipinski definition) is 2. The number of thiophene rings is 1. The van der Waals surface area contributed by atoms with Crippen LogP contribution >= 0.6 is 11.3 Å². The Hall–Kier alpha value is -2.18. The average molecular weight is 346 g/mol. The molecule has 0 saturated carbocycles. The number of anilines is 1. The Kier molecular flexibility index (Phi) is 6.11. The molecule has 6 heteroatoms. The third-order valence-corrected chi connectivity index (χ3v) is 4.83. The van der Waals surface area contributed by atoms with Gasteiger partial charge >= 0.3 is 11.8 Å². The van der Waals surface area contributed by atoms with E-state index >= 15 is 0 Å². The molecule has 2 amide bonds. The highest BCUT2D eigenvalue weighted by atomic mass is 32.1. The van der Waals surface area contributed by atoms with Crippen LogP contribution in [0.15, 0.2) is 30.3 Å². The molecule has 0 radical (unpaired) electrons. The second kappa shape index (κ2) is 8.08. The molecule has 0 aliphatic heterocycles. The number of hydrogen-bond acceptors (Lipinski definition) is 4. The van der Waals surface area contributed by atoms with Crippen molar-refractivity contribution < 1.29 is 14.3 Å². The molecule has 1 aromatic heterocycles. The van der Waals surface area contributed by atoms with Crippen LogP contribution < -0.4 is 10.6 Å². The second-order valence-electron chi connectivity index (χ2n) is 5.60. The fraction of sp³-hybridized carbons (Fsp3) is 0.333. The van der Waals surface area contributed by atoms with Crippen LogP contribution in [0, 0.1) is 20.8 Å². The molecule has 0 saturated heterocycles. The summed E-state index contributed by atoms with van der Waals surface area (Å²) in [5.41, 5.74) is 2.51. The van der Waals surface area contributed by atoms with E-state index in [-0.39, 0.29) is 12.6 Å². The summed E-state index contributed by atoms with van der Waals surface area (Å²) >= 11 is 1.61. The summed E-state index contributed by atoms with van der Waals surface area (Å²) in [5.74, 6) is -1.35. The summed E-state index contributed by atoms with van der Waals surface area (Å²) in [6.07, 6.45) is -0.263. The Morgan fingerprint density at radius 2 is 1.75 bits per heavy atom. The molecule has 2 N–H and O–H groups in total. The zero-order valence-corrected chi connectivity index (χ0v) is 15.1. The first-order valence-electron chi connectivity index (χ1n) is 7.67. The van der Waals surface area contributed by atoms with Gasteiger partial charge in [0.05, 0.1) is 0 Å². The predicted molar refractivity (Wildman–Crippen MR) is 96.4 cm³/mol. The lowest BCUT2D eigenvalue weighted by molar-refractivity contribution is -0.136. The Labute approximate surface area is 146 Å². The van der Waals surface area contributed by atoms with Crippen molar-refractivity contribution >= 4 is 28.8 Å². The highest BCUT2D eigenvalue weighted by molar-refractivity contribution is 7.12. The lowest BCUT2D eigenvalue weighted by Crippen LogP contribution is -2.38. The van der Waals surface area contributed by atoms with E-state index in [0.717, 1.165) is 16.0 Å². The molecule has 0 aliphatic carbocycles. The van der Waals surface area contributed by atoms with Gasteiger partial charge in [0.2, 0.25) is 0 Å². The van der Waals surface area contributed by atoms with Crippen LogP contribution in [0.5, 0.6) is 0 Å². The van der Waals surface area contributed by atoms with Gasteiger partial charge in [0.25, 0.3) is 0 Å². The number of nitrogens with one attached hydrogen (secondary N) is 2. The summed E-state index contributed by atoms with van der Waals surface area (Å²) < 4.78 is 5.40. The van der Waals surface area contributed by atoms with Crippen LogP contribution in [0.3, 0.4) is 0 Å². The van der Waals surface area contributed by atoms with Gasteiger partial charge in [0, 0.05) is 29.1 Å². The third kappa shape index (κ3) is 4.43. The molecule has 2 aromatic rings. The van der Waals surface area contributed by atoms with Gasteiger partial charge in [-0.15, -0.1) is 11.3 Å². The maximum absolute atomic E-state index is 12.1. The van der Waals surface area contributed by atoms with Gasteiger partial charge < -0.3 is 15.4 Å². The van der Waals surface area contributed by atoms with Crippen LogP contribution in [0.4, 0.5) is 5.69 Å². The summed E-state index contributed by atoms with van der Waals surface area (Å²) in [4.78, 5) is 26.3. The lowest BCUT2D eigenvalue weighted by Gasteiger charge is -2.15. The van der Waals surface area contributed by atoms with Crippen LogP contribution in [0.25, 0.3) is 0 Å². The van der Waals surface area contributed by atoms with Gasteiger partial charge in [-0.2, -0.15) is 0 Å². The molecule has 1 atom stereocenters. The van der Waals surface area contributed by atoms with Crippen molar-refractivity contribution in [3.8, 4) is 0 Å². The molecular weight excluding hydrogens is 324 g/mol. The smallest absolute Gasteiger partial charge is 0.313 e. The van der Waals surface area contributed by atoms with E-state index in [0.29, 0.717) is 5.69 Å². The molecule has 24 heavy (non-hydrogen) atoms. The number of rotatable bonds is 5. The first-order valence-corrected chi connectivity index (χ1v) is 8.48. The predicted octanol–water partition coefficient (Wildman–Crippen LogP) is 3.12. The van der Waals surface area contributed by atoms with Crippen molar-refractivity contribution in [1.29, 1.82) is 0 Å². The molecule has 0 fully saturated rings. The first kappa shape index (κ1) is 18.2. The summed E-state index contributed by atoms with van der Waals surface area (Å²) in [5, 5.41) is 5.31. The standard InChI is InChI=1S/C18H22N2O3S/c1-11-6-5-7-12(2)16(11)20-18(22)17(21)19-10-14(23-4)15-9-8-13(3)24-15/h5-9,14H,10H2,1-4H3,(H,19,21)(H,20,22). The number of methoxy groups -OCH3 is 1. The number of benzene rings is 1. The normalized spacial score (nSPS) is 11.8. The highest BCUT2D eigenvalue weighted by Gasteiger charge is 2.19. The minimum Gasteiger partial charge on any atom is -0.374 e. The van der Waals surface area contributed by atoms with Crippen molar-refractivity contribution in [3.05, 3.63) is 51.2 Å². The molecular formula is C18H22N2O3S. The van der Waals surface area contributed by atoms with Crippen LogP contribution in [-0.4, -0.2) is 25.5 Å². The molecule has 0 spiro atoms. The Morgan fingerprint density at radius 1 is 1.08 bits per heavy atom. The average Bonchev–Trinajstić information content (AvgIpc) is 2.97. The largest absolute Gasteiger partial charge is 0.374 e. The van der Waals surface area contributed by atoms with Crippen LogP contribution in [0.1, 0.15) is 27.0 Å². The van der Waals surface area contributed by atoms with Crippen LogP contribution in [0.2, 0.25) is 0 Å². The lowest BCUT2D eigenvalue weighted by atomic mass is 10.1. The molecule has 0 aliphatic rings. The molecule has 1 unspecified atom stereocenters. The van der Waals surface area contributed by atoms with Gasteiger partial charge in [0.15, 0.2) is 0 Å². The number of aryl methyl sites for hydroxylation is 3. The third-order valence-electron chi connectivity index (χ3n) is 3.74.